The Labute approximate surface area is 62.7 Å². The summed E-state index contributed by atoms with van der Waals surface area (Å²) in [5, 5.41) is 8.14. The van der Waals surface area contributed by atoms with Crippen LogP contribution in [0.25, 0.3) is 0 Å². The second kappa shape index (κ2) is 7.97. The van der Waals surface area contributed by atoms with Gasteiger partial charge in [-0.05, 0) is 6.42 Å². The number of nitriles is 1. The minimum absolute atomic E-state index is 0.510. The molecule has 0 spiro atoms. The van der Waals surface area contributed by atoms with Crippen LogP contribution >= 0.6 is 0 Å². The Bertz CT molecular complexity index is 149. The number of hydrogen-bond donors (Lipinski definition) is 0. The van der Waals surface area contributed by atoms with Gasteiger partial charge in [0.2, 0.25) is 0 Å². The minimum Gasteiger partial charge on any atom is -0.198 e. The first-order chi connectivity index (χ1) is 4.91. The molecule has 0 aliphatic rings. The monoisotopic (exact) mass is 135 g/mol. The molecule has 0 aliphatic heterocycles. The maximum atomic E-state index is 8.14. The maximum absolute atomic E-state index is 8.14. The van der Waals surface area contributed by atoms with Crippen LogP contribution in [0.15, 0.2) is 24.3 Å². The molecule has 1 heteroatoms. The van der Waals surface area contributed by atoms with E-state index in [1.807, 2.05) is 24.3 Å². The van der Waals surface area contributed by atoms with E-state index in [1.54, 1.807) is 0 Å². The van der Waals surface area contributed by atoms with Crippen LogP contribution in [0.3, 0.4) is 0 Å². The quantitative estimate of drug-likeness (QED) is 0.544. The molecule has 54 valence electrons. The van der Waals surface area contributed by atoms with E-state index >= 15 is 0 Å². The highest BCUT2D eigenvalue weighted by molar-refractivity contribution is 5.04. The summed E-state index contributed by atoms with van der Waals surface area (Å²) in [5.41, 5.74) is 0. The van der Waals surface area contributed by atoms with Crippen LogP contribution in [0.1, 0.15) is 26.2 Å². The Morgan fingerprint density at radius 3 is 2.60 bits per heavy atom. The van der Waals surface area contributed by atoms with Crippen molar-refractivity contribution in [1.29, 1.82) is 5.26 Å². The van der Waals surface area contributed by atoms with Gasteiger partial charge in [-0.1, -0.05) is 37.6 Å². The summed E-state index contributed by atoms with van der Waals surface area (Å²) in [5.74, 6) is 0. The van der Waals surface area contributed by atoms with Crippen LogP contribution in [0.2, 0.25) is 0 Å². The molecule has 0 aliphatic carbocycles. The Balaban J connectivity index is 3.25. The van der Waals surface area contributed by atoms with Crippen molar-refractivity contribution in [3.05, 3.63) is 24.3 Å². The smallest absolute Gasteiger partial charge is 0.0663 e. The van der Waals surface area contributed by atoms with Crippen molar-refractivity contribution in [2.45, 2.75) is 26.2 Å². The highest BCUT2D eigenvalue weighted by atomic mass is 14.2. The van der Waals surface area contributed by atoms with E-state index in [4.69, 9.17) is 5.26 Å². The van der Waals surface area contributed by atoms with Crippen molar-refractivity contribution in [2.75, 3.05) is 0 Å². The molecular formula is C9H13N. The Kier molecular flexibility index (Phi) is 7.15. The van der Waals surface area contributed by atoms with E-state index in [9.17, 15) is 0 Å². The van der Waals surface area contributed by atoms with Crippen LogP contribution in [-0.2, 0) is 0 Å². The van der Waals surface area contributed by atoms with Crippen LogP contribution in [0.5, 0.6) is 0 Å². The molecule has 1 nitrogen and oxygen atoms in total. The predicted octanol–water partition coefficient (Wildman–Crippen LogP) is 2.81. The average Bonchev–Trinajstić information content (AvgIpc) is 1.97. The van der Waals surface area contributed by atoms with Crippen LogP contribution in [-0.4, -0.2) is 0 Å². The van der Waals surface area contributed by atoms with Crippen molar-refractivity contribution in [3.63, 3.8) is 0 Å². The van der Waals surface area contributed by atoms with Gasteiger partial charge in [0.15, 0.2) is 0 Å². The van der Waals surface area contributed by atoms with Crippen molar-refractivity contribution in [2.24, 2.45) is 0 Å². The standard InChI is InChI=1S/C9H13N/c1-2-3-4-5-6-7-8-9-10/h4-7H,2-3,8H2,1H3/b5-4+,7-6+. The third-order valence-electron chi connectivity index (χ3n) is 1.05. The predicted molar refractivity (Wildman–Crippen MR) is 43.4 cm³/mol. The SMILES string of the molecule is CCC/C=C/C=C/CC#N. The lowest BCUT2D eigenvalue weighted by Gasteiger charge is -1.79. The summed E-state index contributed by atoms with van der Waals surface area (Å²) in [6, 6.07) is 2.04. The molecule has 0 saturated carbocycles. The molecule has 0 aromatic carbocycles. The molecule has 0 rings (SSSR count). The van der Waals surface area contributed by atoms with E-state index in [1.165, 1.54) is 6.42 Å². The zero-order chi connectivity index (χ0) is 7.66. The highest BCUT2D eigenvalue weighted by Crippen LogP contribution is 1.89. The molecule has 0 amide bonds. The summed E-state index contributed by atoms with van der Waals surface area (Å²) in [7, 11) is 0. The van der Waals surface area contributed by atoms with Gasteiger partial charge in [-0.3, -0.25) is 0 Å². The van der Waals surface area contributed by atoms with Gasteiger partial charge in [-0.25, -0.2) is 0 Å². The van der Waals surface area contributed by atoms with E-state index in [2.05, 4.69) is 13.0 Å². The fourth-order valence-electron chi connectivity index (χ4n) is 0.541. The number of nitrogens with zero attached hydrogens (tertiary/aromatic N) is 1. The van der Waals surface area contributed by atoms with Gasteiger partial charge in [-0.15, -0.1) is 0 Å². The zero-order valence-corrected chi connectivity index (χ0v) is 6.38. The molecule has 0 unspecified atom stereocenters. The number of unbranched alkanes of at least 4 members (excludes halogenated alkanes) is 1. The molecule has 0 heterocycles. The first-order valence-electron chi connectivity index (χ1n) is 3.60. The summed E-state index contributed by atoms with van der Waals surface area (Å²) < 4.78 is 0. The summed E-state index contributed by atoms with van der Waals surface area (Å²) in [4.78, 5) is 0. The van der Waals surface area contributed by atoms with Crippen LogP contribution < -0.4 is 0 Å². The molecular weight excluding hydrogens is 122 g/mol. The normalized spacial score (nSPS) is 10.8. The van der Waals surface area contributed by atoms with Gasteiger partial charge >= 0.3 is 0 Å². The number of hydrogen-bond acceptors (Lipinski definition) is 1. The molecule has 0 saturated heterocycles. The second-order valence-corrected chi connectivity index (χ2v) is 2.01. The molecule has 0 fully saturated rings. The van der Waals surface area contributed by atoms with Gasteiger partial charge in [0.05, 0.1) is 12.5 Å². The van der Waals surface area contributed by atoms with Crippen LogP contribution in [0.4, 0.5) is 0 Å². The topological polar surface area (TPSA) is 23.8 Å². The fourth-order valence-corrected chi connectivity index (χ4v) is 0.541. The van der Waals surface area contributed by atoms with E-state index in [0.29, 0.717) is 6.42 Å². The summed E-state index contributed by atoms with van der Waals surface area (Å²) in [6.07, 6.45) is 10.7. The average molecular weight is 135 g/mol. The van der Waals surface area contributed by atoms with Gasteiger partial charge in [0.25, 0.3) is 0 Å². The third kappa shape index (κ3) is 6.97. The fraction of sp³-hybridized carbons (Fsp3) is 0.444. The highest BCUT2D eigenvalue weighted by Gasteiger charge is 1.70. The van der Waals surface area contributed by atoms with Gasteiger partial charge in [-0.2, -0.15) is 5.26 Å². The van der Waals surface area contributed by atoms with Crippen molar-refractivity contribution in [3.8, 4) is 6.07 Å². The van der Waals surface area contributed by atoms with E-state index < -0.39 is 0 Å². The second-order valence-electron chi connectivity index (χ2n) is 2.01. The maximum Gasteiger partial charge on any atom is 0.0663 e. The van der Waals surface area contributed by atoms with Gasteiger partial charge in [0, 0.05) is 0 Å². The van der Waals surface area contributed by atoms with Gasteiger partial charge < -0.3 is 0 Å². The van der Waals surface area contributed by atoms with Crippen molar-refractivity contribution >= 4 is 0 Å². The van der Waals surface area contributed by atoms with Crippen molar-refractivity contribution in [1.82, 2.24) is 0 Å². The van der Waals surface area contributed by atoms with Gasteiger partial charge in [0.1, 0.15) is 0 Å². The Hall–Kier alpha value is -1.03. The largest absolute Gasteiger partial charge is 0.198 e. The van der Waals surface area contributed by atoms with Crippen LogP contribution in [0, 0.1) is 11.3 Å². The van der Waals surface area contributed by atoms with E-state index in [0.717, 1.165) is 6.42 Å². The molecule has 0 atom stereocenters. The summed E-state index contributed by atoms with van der Waals surface area (Å²) in [6.45, 7) is 2.14. The first-order valence-corrected chi connectivity index (χ1v) is 3.60. The third-order valence-corrected chi connectivity index (χ3v) is 1.05. The molecule has 10 heavy (non-hydrogen) atoms. The van der Waals surface area contributed by atoms with E-state index in [-0.39, 0.29) is 0 Å². The number of allylic oxidation sites excluding steroid dienone is 4. The lowest BCUT2D eigenvalue weighted by Crippen LogP contribution is -1.59. The lowest BCUT2D eigenvalue weighted by molar-refractivity contribution is 0.959. The minimum atomic E-state index is 0.510. The molecule has 0 radical (unpaired) electrons. The zero-order valence-electron chi connectivity index (χ0n) is 6.38. The molecule has 0 aromatic rings. The molecule has 0 aromatic heterocycles. The van der Waals surface area contributed by atoms with Crippen molar-refractivity contribution < 1.29 is 0 Å². The first kappa shape index (κ1) is 8.97. The molecule has 0 N–H and O–H groups in total. The molecule has 0 bridgehead atoms. The summed E-state index contributed by atoms with van der Waals surface area (Å²) >= 11 is 0. The Morgan fingerprint density at radius 1 is 1.30 bits per heavy atom. The lowest BCUT2D eigenvalue weighted by atomic mass is 10.3. The number of rotatable bonds is 4. The Morgan fingerprint density at radius 2 is 2.00 bits per heavy atom.